The number of carboxylic acids is 1. The summed E-state index contributed by atoms with van der Waals surface area (Å²) in [7, 11) is 1.50. The Morgan fingerprint density at radius 3 is 2.42 bits per heavy atom. The molecule has 0 unspecified atom stereocenters. The Kier molecular flexibility index (Phi) is 4.09. The van der Waals surface area contributed by atoms with Gasteiger partial charge < -0.3 is 10.0 Å². The van der Waals surface area contributed by atoms with E-state index in [1.807, 2.05) is 0 Å². The van der Waals surface area contributed by atoms with Crippen molar-refractivity contribution in [2.24, 2.45) is 0 Å². The van der Waals surface area contributed by atoms with Crippen LogP contribution in [0.25, 0.3) is 10.8 Å². The van der Waals surface area contributed by atoms with E-state index >= 15 is 0 Å². The van der Waals surface area contributed by atoms with Crippen molar-refractivity contribution in [1.82, 2.24) is 15.1 Å². The van der Waals surface area contributed by atoms with Crippen LogP contribution in [0.2, 0.25) is 0 Å². The minimum atomic E-state index is -1.21. The summed E-state index contributed by atoms with van der Waals surface area (Å²) in [6, 6.07) is 6.68. The molecular weight excluding hydrogens is 310 g/mol. The molecule has 1 fully saturated rings. The first-order valence-corrected chi connectivity index (χ1v) is 7.96. The van der Waals surface area contributed by atoms with E-state index in [4.69, 9.17) is 0 Å². The van der Waals surface area contributed by atoms with Crippen molar-refractivity contribution in [3.63, 3.8) is 0 Å². The monoisotopic (exact) mass is 329 g/mol. The van der Waals surface area contributed by atoms with Crippen LogP contribution in [0.5, 0.6) is 0 Å². The molecule has 1 aromatic carbocycles. The molecule has 2 N–H and O–H groups in total. The minimum Gasteiger partial charge on any atom is -0.479 e. The fraction of sp³-hybridized carbons (Fsp3) is 0.412. The Balaban J connectivity index is 2.07. The molecule has 1 saturated carbocycles. The number of likely N-dealkylation sites (N-methyl/N-ethyl adjacent to an activating group) is 1. The molecule has 24 heavy (non-hydrogen) atoms. The predicted molar refractivity (Wildman–Crippen MR) is 87.9 cm³/mol. The fourth-order valence-electron chi connectivity index (χ4n) is 3.46. The highest BCUT2D eigenvalue weighted by Gasteiger charge is 2.46. The van der Waals surface area contributed by atoms with E-state index in [-0.39, 0.29) is 11.3 Å². The number of aromatic nitrogens is 2. The molecule has 0 atom stereocenters. The van der Waals surface area contributed by atoms with Crippen molar-refractivity contribution in [3.05, 3.63) is 40.3 Å². The van der Waals surface area contributed by atoms with E-state index in [1.165, 1.54) is 11.9 Å². The largest absolute Gasteiger partial charge is 0.479 e. The number of nitrogens with one attached hydrogen (secondary N) is 1. The van der Waals surface area contributed by atoms with Gasteiger partial charge in [-0.25, -0.2) is 9.89 Å². The molecule has 0 spiro atoms. The maximum Gasteiger partial charge on any atom is 0.329 e. The lowest BCUT2D eigenvalue weighted by Gasteiger charge is -2.40. The zero-order valence-corrected chi connectivity index (χ0v) is 13.4. The zero-order chi connectivity index (χ0) is 17.3. The summed E-state index contributed by atoms with van der Waals surface area (Å²) in [6.07, 6.45) is 3.35. The van der Waals surface area contributed by atoms with E-state index in [1.54, 1.807) is 24.3 Å². The molecule has 1 aromatic heterocycles. The quantitative estimate of drug-likeness (QED) is 0.893. The highest BCUT2D eigenvalue weighted by Crippen LogP contribution is 2.34. The summed E-state index contributed by atoms with van der Waals surface area (Å²) in [5, 5.41) is 16.7. The molecule has 2 aromatic rings. The van der Waals surface area contributed by atoms with Crippen LogP contribution in [-0.4, -0.2) is 44.7 Å². The van der Waals surface area contributed by atoms with Crippen LogP contribution in [0.1, 0.15) is 42.6 Å². The Labute approximate surface area is 138 Å². The maximum absolute atomic E-state index is 13.0. The van der Waals surface area contributed by atoms with Crippen LogP contribution in [0.15, 0.2) is 29.1 Å². The number of amides is 1. The van der Waals surface area contributed by atoms with Crippen LogP contribution in [0, 0.1) is 0 Å². The number of carbonyl (C=O) groups is 2. The lowest BCUT2D eigenvalue weighted by atomic mass is 9.80. The van der Waals surface area contributed by atoms with Crippen LogP contribution in [0.4, 0.5) is 0 Å². The highest BCUT2D eigenvalue weighted by molar-refractivity contribution is 6.06. The number of rotatable bonds is 3. The second-order valence-corrected chi connectivity index (χ2v) is 6.21. The van der Waals surface area contributed by atoms with Gasteiger partial charge in [0.05, 0.1) is 5.39 Å². The van der Waals surface area contributed by atoms with E-state index in [2.05, 4.69) is 10.2 Å². The van der Waals surface area contributed by atoms with Crippen LogP contribution in [-0.2, 0) is 4.79 Å². The number of aliphatic carboxylic acids is 1. The number of nitrogens with zero attached hydrogens (tertiary/aromatic N) is 2. The van der Waals surface area contributed by atoms with Crippen molar-refractivity contribution in [3.8, 4) is 0 Å². The number of hydrogen-bond donors (Lipinski definition) is 2. The molecular formula is C17H19N3O4. The van der Waals surface area contributed by atoms with Gasteiger partial charge in [0.1, 0.15) is 5.54 Å². The third-order valence-electron chi connectivity index (χ3n) is 4.92. The summed E-state index contributed by atoms with van der Waals surface area (Å²) < 4.78 is 0. The number of hydrogen-bond acceptors (Lipinski definition) is 4. The van der Waals surface area contributed by atoms with Gasteiger partial charge >= 0.3 is 5.97 Å². The molecule has 7 heteroatoms. The molecule has 1 aliphatic carbocycles. The number of carbonyl (C=O) groups excluding carboxylic acids is 1. The SMILES string of the molecule is CN(C(=O)c1n[nH]c(=O)c2ccccc12)C1(C(=O)O)CCCCC1. The average molecular weight is 329 g/mol. The van der Waals surface area contributed by atoms with E-state index in [9.17, 15) is 19.5 Å². The molecule has 3 rings (SSSR count). The minimum absolute atomic E-state index is 0.0684. The molecule has 1 amide bonds. The predicted octanol–water partition coefficient (Wildman–Crippen LogP) is 1.78. The Hall–Kier alpha value is -2.70. The molecule has 1 heterocycles. The van der Waals surface area contributed by atoms with Gasteiger partial charge in [-0.05, 0) is 18.9 Å². The Morgan fingerprint density at radius 2 is 1.79 bits per heavy atom. The normalized spacial score (nSPS) is 16.7. The van der Waals surface area contributed by atoms with Gasteiger partial charge in [-0.1, -0.05) is 37.5 Å². The lowest BCUT2D eigenvalue weighted by molar-refractivity contribution is -0.151. The fourth-order valence-corrected chi connectivity index (χ4v) is 3.46. The van der Waals surface area contributed by atoms with E-state index in [0.29, 0.717) is 23.6 Å². The van der Waals surface area contributed by atoms with E-state index < -0.39 is 17.4 Å². The third-order valence-corrected chi connectivity index (χ3v) is 4.92. The van der Waals surface area contributed by atoms with Gasteiger partial charge in [-0.15, -0.1) is 0 Å². The van der Waals surface area contributed by atoms with Gasteiger partial charge in [0.2, 0.25) is 0 Å². The van der Waals surface area contributed by atoms with Crippen LogP contribution >= 0.6 is 0 Å². The summed E-state index contributed by atoms with van der Waals surface area (Å²) >= 11 is 0. The highest BCUT2D eigenvalue weighted by atomic mass is 16.4. The van der Waals surface area contributed by atoms with Crippen LogP contribution in [0.3, 0.4) is 0 Å². The number of fused-ring (bicyclic) bond motifs is 1. The number of aromatic amines is 1. The molecule has 126 valence electrons. The van der Waals surface area contributed by atoms with Crippen molar-refractivity contribution >= 4 is 22.6 Å². The van der Waals surface area contributed by atoms with Gasteiger partial charge in [-0.2, -0.15) is 5.10 Å². The molecule has 0 saturated heterocycles. The molecule has 7 nitrogen and oxygen atoms in total. The molecule has 0 bridgehead atoms. The average Bonchev–Trinajstić information content (AvgIpc) is 2.61. The van der Waals surface area contributed by atoms with Crippen molar-refractivity contribution < 1.29 is 14.7 Å². The number of benzene rings is 1. The summed E-state index contributed by atoms with van der Waals surface area (Å²) in [5.41, 5.74) is -1.52. The summed E-state index contributed by atoms with van der Waals surface area (Å²) in [5.74, 6) is -1.49. The topological polar surface area (TPSA) is 103 Å². The molecule has 1 aliphatic rings. The van der Waals surface area contributed by atoms with E-state index in [0.717, 1.165) is 19.3 Å². The Morgan fingerprint density at radius 1 is 1.17 bits per heavy atom. The first-order valence-electron chi connectivity index (χ1n) is 7.96. The van der Waals surface area contributed by atoms with Crippen molar-refractivity contribution in [2.75, 3.05) is 7.05 Å². The second kappa shape index (κ2) is 6.07. The third kappa shape index (κ3) is 2.46. The lowest BCUT2D eigenvalue weighted by Crippen LogP contribution is -2.56. The molecule has 0 radical (unpaired) electrons. The van der Waals surface area contributed by atoms with Gasteiger partial charge in [0.25, 0.3) is 11.5 Å². The first kappa shape index (κ1) is 16.2. The first-order chi connectivity index (χ1) is 11.5. The smallest absolute Gasteiger partial charge is 0.329 e. The molecule has 0 aliphatic heterocycles. The Bertz CT molecular complexity index is 852. The maximum atomic E-state index is 13.0. The zero-order valence-electron chi connectivity index (χ0n) is 13.4. The van der Waals surface area contributed by atoms with Gasteiger partial charge in [0.15, 0.2) is 5.69 Å². The van der Waals surface area contributed by atoms with Crippen molar-refractivity contribution in [1.29, 1.82) is 0 Å². The summed E-state index contributed by atoms with van der Waals surface area (Å²) in [4.78, 5) is 38.0. The van der Waals surface area contributed by atoms with Crippen LogP contribution < -0.4 is 5.56 Å². The van der Waals surface area contributed by atoms with Crippen molar-refractivity contribution in [2.45, 2.75) is 37.6 Å². The van der Waals surface area contributed by atoms with Gasteiger partial charge in [0, 0.05) is 12.4 Å². The van der Waals surface area contributed by atoms with Gasteiger partial charge in [-0.3, -0.25) is 9.59 Å². The second-order valence-electron chi connectivity index (χ2n) is 6.21. The number of carboxylic acid groups (broad SMARTS) is 1. The number of H-pyrrole nitrogens is 1. The summed E-state index contributed by atoms with van der Waals surface area (Å²) in [6.45, 7) is 0. The standard InChI is InChI=1S/C17H19N3O4/c1-20(17(16(23)24)9-5-2-6-10-17)15(22)13-11-7-3-4-8-12(11)14(21)19-18-13/h3-4,7-8H,2,5-6,9-10H2,1H3,(H,19,21)(H,23,24).